The Morgan fingerprint density at radius 3 is 2.39 bits per heavy atom. The van der Waals surface area contributed by atoms with Crippen molar-refractivity contribution in [2.45, 2.75) is 58.9 Å². The van der Waals surface area contributed by atoms with Crippen LogP contribution in [0.25, 0.3) is 10.4 Å². The normalized spacial score (nSPS) is 19.1. The number of hydrogen-bond donors (Lipinski definition) is 0. The molecular weight excluding hydrogens is 224 g/mol. The van der Waals surface area contributed by atoms with Gasteiger partial charge in [0, 0.05) is 17.0 Å². The Balaban J connectivity index is 2.97. The lowest BCUT2D eigenvalue weighted by Gasteiger charge is -2.43. The summed E-state index contributed by atoms with van der Waals surface area (Å²) in [5.74, 6) is 0. The Hall–Kier alpha value is -0.990. The largest absolute Gasteiger partial charge is 0.294 e. The van der Waals surface area contributed by atoms with Gasteiger partial charge in [-0.25, -0.2) is 0 Å². The highest BCUT2D eigenvalue weighted by molar-refractivity contribution is 5.25. The van der Waals surface area contributed by atoms with Crippen molar-refractivity contribution >= 4 is 0 Å². The molecule has 102 valence electrons. The smallest absolute Gasteiger partial charge is 0.0490 e. The molecular formula is C14H26N4. The molecule has 4 heteroatoms. The van der Waals surface area contributed by atoms with Gasteiger partial charge >= 0.3 is 0 Å². The topological polar surface area (TPSA) is 52.0 Å². The summed E-state index contributed by atoms with van der Waals surface area (Å²) in [5.41, 5.74) is 11.2. The van der Waals surface area contributed by atoms with Crippen LogP contribution in [0.5, 0.6) is 0 Å². The molecule has 0 N–H and O–H groups in total. The molecule has 0 radical (unpaired) electrons. The van der Waals surface area contributed by atoms with Gasteiger partial charge in [0.15, 0.2) is 0 Å². The minimum absolute atomic E-state index is 0.00863. The van der Waals surface area contributed by atoms with Crippen LogP contribution in [0.3, 0.4) is 0 Å². The summed E-state index contributed by atoms with van der Waals surface area (Å²) in [5, 5.41) is 3.80. The Labute approximate surface area is 111 Å². The van der Waals surface area contributed by atoms with Gasteiger partial charge in [0.1, 0.15) is 0 Å². The van der Waals surface area contributed by atoms with Crippen molar-refractivity contribution in [1.29, 1.82) is 0 Å². The predicted molar refractivity (Wildman–Crippen MR) is 76.5 cm³/mol. The fourth-order valence-corrected chi connectivity index (χ4v) is 2.81. The van der Waals surface area contributed by atoms with Gasteiger partial charge in [-0.1, -0.05) is 24.0 Å². The maximum Gasteiger partial charge on any atom is 0.0490 e. The molecule has 1 heterocycles. The molecule has 0 aliphatic carbocycles. The first kappa shape index (κ1) is 15.1. The highest BCUT2D eigenvalue weighted by Gasteiger charge is 2.31. The number of rotatable bonds is 5. The van der Waals surface area contributed by atoms with Gasteiger partial charge in [0.25, 0.3) is 0 Å². The molecule has 0 bridgehead atoms. The molecule has 0 aromatic rings. The van der Waals surface area contributed by atoms with E-state index in [-0.39, 0.29) is 5.54 Å². The first-order valence-electron chi connectivity index (χ1n) is 6.99. The summed E-state index contributed by atoms with van der Waals surface area (Å²) >= 11 is 0. The second kappa shape index (κ2) is 6.81. The van der Waals surface area contributed by atoms with Crippen LogP contribution >= 0.6 is 0 Å². The van der Waals surface area contributed by atoms with Crippen molar-refractivity contribution in [3.63, 3.8) is 0 Å². The Morgan fingerprint density at radius 1 is 1.28 bits per heavy atom. The molecule has 0 atom stereocenters. The van der Waals surface area contributed by atoms with Crippen LogP contribution in [0.15, 0.2) is 16.3 Å². The van der Waals surface area contributed by atoms with E-state index in [2.05, 4.69) is 42.6 Å². The Bertz CT molecular complexity index is 345. The van der Waals surface area contributed by atoms with Crippen LogP contribution in [0.4, 0.5) is 0 Å². The zero-order chi connectivity index (χ0) is 13.6. The van der Waals surface area contributed by atoms with Crippen LogP contribution in [-0.2, 0) is 0 Å². The van der Waals surface area contributed by atoms with Gasteiger partial charge in [-0.05, 0) is 64.2 Å². The van der Waals surface area contributed by atoms with Crippen molar-refractivity contribution < 1.29 is 0 Å². The maximum atomic E-state index is 8.57. The van der Waals surface area contributed by atoms with Gasteiger partial charge in [-0.15, -0.1) is 0 Å². The van der Waals surface area contributed by atoms with E-state index in [4.69, 9.17) is 5.53 Å². The van der Waals surface area contributed by atoms with Gasteiger partial charge in [-0.3, -0.25) is 4.90 Å². The van der Waals surface area contributed by atoms with Crippen LogP contribution in [-0.4, -0.2) is 30.1 Å². The molecule has 0 spiro atoms. The van der Waals surface area contributed by atoms with Crippen LogP contribution in [0, 0.1) is 0 Å². The molecule has 4 nitrogen and oxygen atoms in total. The van der Waals surface area contributed by atoms with Gasteiger partial charge in [-0.2, -0.15) is 0 Å². The van der Waals surface area contributed by atoms with Gasteiger partial charge in [0.2, 0.25) is 0 Å². The van der Waals surface area contributed by atoms with Crippen molar-refractivity contribution in [1.82, 2.24) is 4.90 Å². The molecule has 1 aliphatic rings. The minimum atomic E-state index is 0.00863. The number of nitrogens with zero attached hydrogens (tertiary/aromatic N) is 4. The van der Waals surface area contributed by atoms with Crippen LogP contribution in [0.1, 0.15) is 53.4 Å². The van der Waals surface area contributed by atoms with Gasteiger partial charge < -0.3 is 0 Å². The van der Waals surface area contributed by atoms with Crippen molar-refractivity contribution in [2.24, 2.45) is 5.11 Å². The zero-order valence-corrected chi connectivity index (χ0v) is 12.2. The molecule has 1 saturated heterocycles. The standard InChI is InChI=1S/C14H26N4/c1-5-12(2)13(11-16-17-15)14(3,4)18-9-7-6-8-10-18/h5-11H2,1-4H3. The lowest BCUT2D eigenvalue weighted by Crippen LogP contribution is -2.49. The van der Waals surface area contributed by atoms with E-state index in [0.29, 0.717) is 6.54 Å². The van der Waals surface area contributed by atoms with Crippen LogP contribution < -0.4 is 0 Å². The average Bonchev–Trinajstić information content (AvgIpc) is 2.39. The minimum Gasteiger partial charge on any atom is -0.294 e. The highest BCUT2D eigenvalue weighted by Crippen LogP contribution is 2.30. The fraction of sp³-hybridized carbons (Fsp3) is 0.857. The summed E-state index contributed by atoms with van der Waals surface area (Å²) in [7, 11) is 0. The van der Waals surface area contributed by atoms with E-state index in [9.17, 15) is 0 Å². The Morgan fingerprint density at radius 2 is 1.89 bits per heavy atom. The van der Waals surface area contributed by atoms with Crippen molar-refractivity contribution in [3.8, 4) is 0 Å². The van der Waals surface area contributed by atoms with E-state index in [1.807, 2.05) is 0 Å². The number of likely N-dealkylation sites (tertiary alicyclic amines) is 1. The van der Waals surface area contributed by atoms with Crippen molar-refractivity contribution in [2.75, 3.05) is 19.6 Å². The molecule has 1 rings (SSSR count). The third kappa shape index (κ3) is 3.50. The average molecular weight is 250 g/mol. The zero-order valence-electron chi connectivity index (χ0n) is 12.2. The predicted octanol–water partition coefficient (Wildman–Crippen LogP) is 4.29. The van der Waals surface area contributed by atoms with Crippen LogP contribution in [0.2, 0.25) is 0 Å². The van der Waals surface area contributed by atoms with Gasteiger partial charge in [0.05, 0.1) is 0 Å². The monoisotopic (exact) mass is 250 g/mol. The first-order valence-corrected chi connectivity index (χ1v) is 6.99. The molecule has 1 aliphatic heterocycles. The Kier molecular flexibility index (Phi) is 5.70. The molecule has 1 fully saturated rings. The summed E-state index contributed by atoms with van der Waals surface area (Å²) in [6.07, 6.45) is 4.93. The molecule has 0 amide bonds. The third-order valence-electron chi connectivity index (χ3n) is 4.22. The summed E-state index contributed by atoms with van der Waals surface area (Å²) < 4.78 is 0. The molecule has 0 unspecified atom stereocenters. The molecule has 0 aromatic carbocycles. The number of hydrogen-bond acceptors (Lipinski definition) is 2. The summed E-state index contributed by atoms with van der Waals surface area (Å²) in [4.78, 5) is 5.46. The van der Waals surface area contributed by atoms with E-state index in [1.165, 1.54) is 30.4 Å². The van der Waals surface area contributed by atoms with E-state index in [0.717, 1.165) is 19.5 Å². The number of allylic oxidation sites excluding steroid dienone is 1. The quantitative estimate of drug-likeness (QED) is 0.311. The molecule has 0 aromatic heterocycles. The second-order valence-corrected chi connectivity index (χ2v) is 5.61. The first-order chi connectivity index (χ1) is 8.54. The van der Waals surface area contributed by atoms with E-state index < -0.39 is 0 Å². The van der Waals surface area contributed by atoms with E-state index in [1.54, 1.807) is 0 Å². The maximum absolute atomic E-state index is 8.57. The lowest BCUT2D eigenvalue weighted by molar-refractivity contribution is 0.121. The summed E-state index contributed by atoms with van der Waals surface area (Å²) in [6.45, 7) is 11.7. The lowest BCUT2D eigenvalue weighted by atomic mass is 9.86. The fourth-order valence-electron chi connectivity index (χ4n) is 2.81. The number of piperidine rings is 1. The SMILES string of the molecule is CCC(C)=C(CN=[N+]=[N-])C(C)(C)N1CCCCC1. The summed E-state index contributed by atoms with van der Waals surface area (Å²) in [6, 6.07) is 0. The number of azide groups is 1. The highest BCUT2D eigenvalue weighted by atomic mass is 15.2. The third-order valence-corrected chi connectivity index (χ3v) is 4.22. The van der Waals surface area contributed by atoms with E-state index >= 15 is 0 Å². The molecule has 18 heavy (non-hydrogen) atoms. The van der Waals surface area contributed by atoms with Crippen molar-refractivity contribution in [3.05, 3.63) is 21.6 Å². The second-order valence-electron chi connectivity index (χ2n) is 5.61. The molecule has 0 saturated carbocycles.